The molecule has 0 spiro atoms. The molecule has 34 heavy (non-hydrogen) atoms. The van der Waals surface area contributed by atoms with E-state index in [-0.39, 0.29) is 15.7 Å². The van der Waals surface area contributed by atoms with E-state index in [1.54, 1.807) is 35.7 Å². The van der Waals surface area contributed by atoms with E-state index in [9.17, 15) is 18.1 Å². The molecule has 172 valence electrons. The van der Waals surface area contributed by atoms with Gasteiger partial charge in [-0.25, -0.2) is 22.8 Å². The van der Waals surface area contributed by atoms with Gasteiger partial charge in [-0.2, -0.15) is 5.26 Å². The predicted octanol–water partition coefficient (Wildman–Crippen LogP) is 4.20. The lowest BCUT2D eigenvalue weighted by atomic mass is 10.2. The van der Waals surface area contributed by atoms with E-state index in [0.29, 0.717) is 43.0 Å². The molecule has 0 unspecified atom stereocenters. The van der Waals surface area contributed by atoms with Gasteiger partial charge in [0, 0.05) is 31.9 Å². The van der Waals surface area contributed by atoms with Gasteiger partial charge in [-0.3, -0.25) is 0 Å². The molecule has 5 rings (SSSR count). The van der Waals surface area contributed by atoms with Gasteiger partial charge in [0.1, 0.15) is 15.7 Å². The Morgan fingerprint density at radius 3 is 2.18 bits per heavy atom. The van der Waals surface area contributed by atoms with Crippen molar-refractivity contribution in [1.29, 1.82) is 5.26 Å². The maximum atomic E-state index is 13.3. The van der Waals surface area contributed by atoms with Crippen LogP contribution in [0.15, 0.2) is 70.3 Å². The van der Waals surface area contributed by atoms with E-state index < -0.39 is 15.1 Å². The summed E-state index contributed by atoms with van der Waals surface area (Å²) in [6.45, 7) is 2.37. The van der Waals surface area contributed by atoms with E-state index >= 15 is 0 Å². The van der Waals surface area contributed by atoms with Crippen molar-refractivity contribution in [2.45, 2.75) is 9.46 Å². The number of aromatic nitrogens is 2. The molecular weight excluding hydrogens is 473 g/mol. The van der Waals surface area contributed by atoms with Crippen molar-refractivity contribution in [2.24, 2.45) is 0 Å². The molecule has 3 heterocycles. The lowest BCUT2D eigenvalue weighted by molar-refractivity contribution is 0.591. The monoisotopic (exact) mass is 493 g/mol. The van der Waals surface area contributed by atoms with Gasteiger partial charge in [-0.05, 0) is 47.8 Å². The number of benzene rings is 2. The molecule has 2 aromatic heterocycles. The quantitative estimate of drug-likeness (QED) is 0.412. The number of nitrogens with zero attached hydrogens (tertiary/aromatic N) is 5. The van der Waals surface area contributed by atoms with Crippen LogP contribution in [0.5, 0.6) is 0 Å². The van der Waals surface area contributed by atoms with Gasteiger partial charge in [-0.1, -0.05) is 18.2 Å². The summed E-state index contributed by atoms with van der Waals surface area (Å²) in [7, 11) is -3.97. The molecular formula is C24H20FN5O2S2. The van der Waals surface area contributed by atoms with Crippen molar-refractivity contribution in [1.82, 2.24) is 9.97 Å². The van der Waals surface area contributed by atoms with Crippen LogP contribution in [0.25, 0.3) is 11.0 Å². The average Bonchev–Trinajstić information content (AvgIpc) is 3.41. The molecule has 0 radical (unpaired) electrons. The Morgan fingerprint density at radius 1 is 0.912 bits per heavy atom. The van der Waals surface area contributed by atoms with Gasteiger partial charge in [0.15, 0.2) is 11.1 Å². The highest BCUT2D eigenvalue weighted by molar-refractivity contribution is 7.93. The molecule has 0 bridgehead atoms. The third-order valence-electron chi connectivity index (χ3n) is 5.80. The fourth-order valence-electron chi connectivity index (χ4n) is 4.06. The second-order valence-corrected chi connectivity index (χ2v) is 11.1. The van der Waals surface area contributed by atoms with Gasteiger partial charge in [0.05, 0.1) is 17.1 Å². The van der Waals surface area contributed by atoms with Crippen LogP contribution in [0.3, 0.4) is 0 Å². The van der Waals surface area contributed by atoms with Crippen molar-refractivity contribution < 1.29 is 12.8 Å². The van der Waals surface area contributed by atoms with Crippen LogP contribution < -0.4 is 9.80 Å². The van der Waals surface area contributed by atoms with Crippen molar-refractivity contribution in [3.63, 3.8) is 0 Å². The third kappa shape index (κ3) is 4.08. The smallest absolute Gasteiger partial charge is 0.209 e. The first-order valence-corrected chi connectivity index (χ1v) is 13.1. The van der Waals surface area contributed by atoms with E-state index in [0.717, 1.165) is 17.0 Å². The summed E-state index contributed by atoms with van der Waals surface area (Å²) in [5.74, 6) is 0.122. The number of thiophene rings is 1. The van der Waals surface area contributed by atoms with Crippen LogP contribution in [0.2, 0.25) is 0 Å². The summed E-state index contributed by atoms with van der Waals surface area (Å²) < 4.78 is 40.1. The van der Waals surface area contributed by atoms with E-state index in [1.807, 2.05) is 23.1 Å². The molecule has 1 aliphatic rings. The fourth-order valence-corrected chi connectivity index (χ4v) is 6.59. The number of sulfone groups is 1. The highest BCUT2D eigenvalue weighted by atomic mass is 32.2. The number of nitriles is 1. The third-order valence-corrected chi connectivity index (χ3v) is 9.09. The van der Waals surface area contributed by atoms with Crippen LogP contribution in [0, 0.1) is 17.1 Å². The fraction of sp³-hybridized carbons (Fsp3) is 0.208. The number of fused-ring (bicyclic) bond motifs is 1. The minimum absolute atomic E-state index is 0.126. The van der Waals surface area contributed by atoms with Crippen LogP contribution >= 0.6 is 11.3 Å². The molecule has 1 atom stereocenters. The van der Waals surface area contributed by atoms with Crippen molar-refractivity contribution in [2.75, 3.05) is 36.0 Å². The largest absolute Gasteiger partial charge is 0.368 e. The van der Waals surface area contributed by atoms with Crippen LogP contribution in [0.1, 0.15) is 10.9 Å². The van der Waals surface area contributed by atoms with Crippen LogP contribution in [-0.4, -0.2) is 44.6 Å². The van der Waals surface area contributed by atoms with E-state index in [4.69, 9.17) is 4.98 Å². The van der Waals surface area contributed by atoms with E-state index in [1.165, 1.54) is 18.2 Å². The minimum atomic E-state index is -3.97. The second kappa shape index (κ2) is 9.00. The Bertz CT molecular complexity index is 1460. The minimum Gasteiger partial charge on any atom is -0.368 e. The molecule has 10 heteroatoms. The summed E-state index contributed by atoms with van der Waals surface area (Å²) in [5, 5.41) is 10.2. The van der Waals surface area contributed by atoms with Crippen molar-refractivity contribution in [3.8, 4) is 6.07 Å². The Balaban J connectivity index is 1.53. The molecule has 1 fully saturated rings. The van der Waals surface area contributed by atoms with Gasteiger partial charge in [0.25, 0.3) is 0 Å². The average molecular weight is 494 g/mol. The van der Waals surface area contributed by atoms with Crippen molar-refractivity contribution in [3.05, 3.63) is 77.6 Å². The number of anilines is 2. The molecule has 0 saturated carbocycles. The van der Waals surface area contributed by atoms with Gasteiger partial charge in [0.2, 0.25) is 9.84 Å². The Kier molecular flexibility index (Phi) is 5.89. The summed E-state index contributed by atoms with van der Waals surface area (Å²) >= 11 is 1.08. The molecule has 7 nitrogen and oxygen atoms in total. The first kappa shape index (κ1) is 22.3. The zero-order valence-electron chi connectivity index (χ0n) is 18.0. The Hall–Kier alpha value is -3.55. The van der Waals surface area contributed by atoms with E-state index in [2.05, 4.69) is 9.88 Å². The maximum Gasteiger partial charge on any atom is 0.209 e. The van der Waals surface area contributed by atoms with Gasteiger partial charge >= 0.3 is 0 Å². The standard InChI is InChI=1S/C24H20FN5O2S2/c25-17-7-9-18(10-8-17)29-11-13-30(14-12-29)24-23(27-19-4-1-2-5-20(19)28-24)21(16-26)34(31,32)22-6-3-15-33-22/h1-10,15,21H,11-14H2/t21-/m0/s1. The number of hydrogen-bond acceptors (Lipinski definition) is 8. The Morgan fingerprint density at radius 2 is 1.56 bits per heavy atom. The summed E-state index contributed by atoms with van der Waals surface area (Å²) in [6, 6.07) is 18.7. The molecule has 0 amide bonds. The molecule has 1 aliphatic heterocycles. The summed E-state index contributed by atoms with van der Waals surface area (Å²) in [4.78, 5) is 13.5. The summed E-state index contributed by atoms with van der Waals surface area (Å²) in [5.41, 5.74) is 2.23. The van der Waals surface area contributed by atoms with Crippen molar-refractivity contribution >= 4 is 43.7 Å². The highest BCUT2D eigenvalue weighted by Crippen LogP contribution is 2.35. The molecule has 4 aromatic rings. The molecule has 2 aromatic carbocycles. The Labute approximate surface area is 200 Å². The zero-order valence-corrected chi connectivity index (χ0v) is 19.6. The number of rotatable bonds is 5. The predicted molar refractivity (Wildman–Crippen MR) is 130 cm³/mol. The first-order chi connectivity index (χ1) is 16.5. The normalized spacial score (nSPS) is 15.3. The number of piperazine rings is 1. The number of para-hydroxylation sites is 2. The molecule has 1 saturated heterocycles. The molecule has 0 aliphatic carbocycles. The lowest BCUT2D eigenvalue weighted by Gasteiger charge is -2.37. The second-order valence-electron chi connectivity index (χ2n) is 7.86. The first-order valence-electron chi connectivity index (χ1n) is 10.7. The van der Waals surface area contributed by atoms with Gasteiger partial charge < -0.3 is 9.80 Å². The summed E-state index contributed by atoms with van der Waals surface area (Å²) in [6.07, 6.45) is 0. The zero-order chi connectivity index (χ0) is 23.7. The molecule has 0 N–H and O–H groups in total. The lowest BCUT2D eigenvalue weighted by Crippen LogP contribution is -2.47. The number of hydrogen-bond donors (Lipinski definition) is 0. The maximum absolute atomic E-state index is 13.3. The van der Waals surface area contributed by atoms with Crippen LogP contribution in [-0.2, 0) is 9.84 Å². The van der Waals surface area contributed by atoms with Gasteiger partial charge in [-0.15, -0.1) is 11.3 Å². The topological polar surface area (TPSA) is 90.2 Å². The number of halogens is 1. The van der Waals surface area contributed by atoms with Crippen LogP contribution in [0.4, 0.5) is 15.9 Å². The SMILES string of the molecule is N#C[C@@H](c1nc2ccccc2nc1N1CCN(c2ccc(F)cc2)CC1)S(=O)(=O)c1cccs1. The highest BCUT2D eigenvalue weighted by Gasteiger charge is 2.36.